The number of fused-ring (bicyclic) bond motifs is 1. The van der Waals surface area contributed by atoms with E-state index in [9.17, 15) is 0 Å². The Balaban J connectivity index is 1.58. The van der Waals surface area contributed by atoms with Crippen LogP contribution in [0.1, 0.15) is 56.1 Å². The van der Waals surface area contributed by atoms with Gasteiger partial charge >= 0.3 is 0 Å². The molecule has 2 aromatic rings. The lowest BCUT2D eigenvalue weighted by atomic mass is 9.67. The fraction of sp³-hybridized carbons (Fsp3) is 0.435. The maximum atomic E-state index is 5.43. The molecule has 1 spiro atoms. The molecular formula is C23H26N2. The number of anilines is 1. The van der Waals surface area contributed by atoms with Crippen LogP contribution in [0.4, 0.5) is 5.69 Å². The number of rotatable bonds is 2. The van der Waals surface area contributed by atoms with Gasteiger partial charge < -0.3 is 5.32 Å². The van der Waals surface area contributed by atoms with E-state index in [0.29, 0.717) is 0 Å². The predicted octanol–water partition coefficient (Wildman–Crippen LogP) is 5.69. The molecule has 0 atom stereocenters. The van der Waals surface area contributed by atoms with Crippen LogP contribution >= 0.6 is 0 Å². The van der Waals surface area contributed by atoms with E-state index in [1.165, 1.54) is 67.6 Å². The van der Waals surface area contributed by atoms with Crippen LogP contribution in [0.15, 0.2) is 59.6 Å². The second-order valence-corrected chi connectivity index (χ2v) is 8.16. The number of hydrogen-bond donors (Lipinski definition) is 1. The third-order valence-electron chi connectivity index (χ3n) is 6.47. The second-order valence-electron chi connectivity index (χ2n) is 8.16. The molecule has 1 heterocycles. The Hall–Kier alpha value is -2.09. The molecule has 2 saturated carbocycles. The number of aliphatic imine (C=N–C) groups is 1. The van der Waals surface area contributed by atoms with E-state index in [1.54, 1.807) is 0 Å². The summed E-state index contributed by atoms with van der Waals surface area (Å²) in [4.78, 5) is 5.43. The van der Waals surface area contributed by atoms with Crippen LogP contribution in [0, 0.1) is 5.41 Å². The molecule has 2 fully saturated rings. The summed E-state index contributed by atoms with van der Waals surface area (Å²) in [5.74, 6) is 1.27. The molecule has 0 aromatic heterocycles. The lowest BCUT2D eigenvalue weighted by Gasteiger charge is -2.43. The van der Waals surface area contributed by atoms with Gasteiger partial charge in [0.1, 0.15) is 5.84 Å². The van der Waals surface area contributed by atoms with Gasteiger partial charge in [-0.15, -0.1) is 0 Å². The molecule has 0 radical (unpaired) electrons. The van der Waals surface area contributed by atoms with Gasteiger partial charge in [0.15, 0.2) is 0 Å². The van der Waals surface area contributed by atoms with E-state index in [1.807, 2.05) is 0 Å². The normalized spacial score (nSPS) is 24.6. The van der Waals surface area contributed by atoms with E-state index >= 15 is 0 Å². The topological polar surface area (TPSA) is 24.4 Å². The molecule has 0 amide bonds. The number of hydrogen-bond acceptors (Lipinski definition) is 1. The monoisotopic (exact) mass is 330 g/mol. The van der Waals surface area contributed by atoms with Crippen molar-refractivity contribution in [3.05, 3.63) is 65.7 Å². The van der Waals surface area contributed by atoms with E-state index in [-0.39, 0.29) is 11.0 Å². The minimum Gasteiger partial charge on any atom is -0.343 e. The smallest absolute Gasteiger partial charge is 0.108 e. The molecular weight excluding hydrogens is 304 g/mol. The van der Waals surface area contributed by atoms with Crippen molar-refractivity contribution in [1.82, 2.24) is 0 Å². The molecule has 1 N–H and O–H groups in total. The first-order valence-electron chi connectivity index (χ1n) is 9.81. The summed E-state index contributed by atoms with van der Waals surface area (Å²) in [6.45, 7) is 0. The Kier molecular flexibility index (Phi) is 3.48. The molecule has 2 heteroatoms. The summed E-state index contributed by atoms with van der Waals surface area (Å²) in [6, 6.07) is 19.7. The summed E-state index contributed by atoms with van der Waals surface area (Å²) < 4.78 is 0. The molecule has 25 heavy (non-hydrogen) atoms. The van der Waals surface area contributed by atoms with Crippen LogP contribution in [0.2, 0.25) is 0 Å². The quantitative estimate of drug-likeness (QED) is 0.751. The summed E-state index contributed by atoms with van der Waals surface area (Å²) in [5.41, 5.74) is 4.38. The molecule has 2 nitrogen and oxygen atoms in total. The van der Waals surface area contributed by atoms with E-state index in [0.717, 1.165) is 6.42 Å². The van der Waals surface area contributed by atoms with E-state index < -0.39 is 0 Å². The minimum absolute atomic E-state index is 0.0281. The third kappa shape index (κ3) is 2.59. The maximum absolute atomic E-state index is 5.43. The van der Waals surface area contributed by atoms with Crippen LogP contribution in [-0.4, -0.2) is 5.84 Å². The standard InChI is InChI=1S/C23H26N2/c1-3-10-19(11-4-1)23(15-16-23)25-21-22(13-7-2-8-14-22)17-18-9-5-6-12-20(18)24-21/h1,3-6,9-12H,2,7-8,13-17H2,(H,24,25). The van der Waals surface area contributed by atoms with Gasteiger partial charge in [-0.2, -0.15) is 0 Å². The van der Waals surface area contributed by atoms with Crippen molar-refractivity contribution in [3.8, 4) is 0 Å². The first-order chi connectivity index (χ1) is 12.3. The first-order valence-corrected chi connectivity index (χ1v) is 9.81. The zero-order valence-corrected chi connectivity index (χ0v) is 14.8. The van der Waals surface area contributed by atoms with Crippen LogP contribution < -0.4 is 5.32 Å². The zero-order chi connectivity index (χ0) is 16.7. The first kappa shape index (κ1) is 15.2. The number of nitrogens with zero attached hydrogens (tertiary/aromatic N) is 1. The Labute approximate surface area is 150 Å². The second kappa shape index (κ2) is 5.72. The highest BCUT2D eigenvalue weighted by Crippen LogP contribution is 2.52. The Morgan fingerprint density at radius 1 is 0.760 bits per heavy atom. The lowest BCUT2D eigenvalue weighted by Crippen LogP contribution is -2.44. The van der Waals surface area contributed by atoms with Gasteiger partial charge in [0.25, 0.3) is 0 Å². The van der Waals surface area contributed by atoms with Gasteiger partial charge in [-0.25, -0.2) is 0 Å². The molecule has 0 unspecified atom stereocenters. The molecule has 2 aromatic carbocycles. The van der Waals surface area contributed by atoms with Crippen molar-refractivity contribution in [2.45, 2.75) is 56.9 Å². The van der Waals surface area contributed by atoms with Gasteiger partial charge in [-0.05, 0) is 49.3 Å². The van der Waals surface area contributed by atoms with Crippen molar-refractivity contribution in [2.24, 2.45) is 10.4 Å². The molecule has 128 valence electrons. The number of nitrogens with one attached hydrogen (secondary N) is 1. The summed E-state index contributed by atoms with van der Waals surface area (Å²) >= 11 is 0. The minimum atomic E-state index is 0.0281. The third-order valence-corrected chi connectivity index (χ3v) is 6.47. The average Bonchev–Trinajstić information content (AvgIpc) is 3.45. The zero-order valence-electron chi connectivity index (χ0n) is 14.8. The van der Waals surface area contributed by atoms with Crippen molar-refractivity contribution in [1.29, 1.82) is 0 Å². The van der Waals surface area contributed by atoms with E-state index in [4.69, 9.17) is 4.99 Å². The highest BCUT2D eigenvalue weighted by atomic mass is 15.1. The molecule has 5 rings (SSSR count). The highest BCUT2D eigenvalue weighted by molar-refractivity contribution is 6.03. The van der Waals surface area contributed by atoms with Gasteiger partial charge in [0.05, 0.1) is 5.54 Å². The summed E-state index contributed by atoms with van der Waals surface area (Å²) in [7, 11) is 0. The highest BCUT2D eigenvalue weighted by Gasteiger charge is 2.48. The summed E-state index contributed by atoms with van der Waals surface area (Å²) in [6.07, 6.45) is 10.1. The fourth-order valence-electron chi connectivity index (χ4n) is 4.84. The van der Waals surface area contributed by atoms with Gasteiger partial charge in [0, 0.05) is 11.1 Å². The predicted molar refractivity (Wildman–Crippen MR) is 104 cm³/mol. The van der Waals surface area contributed by atoms with Crippen molar-refractivity contribution < 1.29 is 0 Å². The SMILES string of the molecule is c1ccc(C2(N=C3Nc4ccccc4CC34CCCCC4)CC2)cc1. The Morgan fingerprint density at radius 3 is 2.24 bits per heavy atom. The van der Waals surface area contributed by atoms with Crippen molar-refractivity contribution in [3.63, 3.8) is 0 Å². The molecule has 3 aliphatic rings. The van der Waals surface area contributed by atoms with Gasteiger partial charge in [-0.1, -0.05) is 67.8 Å². The molecule has 2 aliphatic carbocycles. The Bertz CT molecular complexity index is 796. The number of para-hydroxylation sites is 1. The summed E-state index contributed by atoms with van der Waals surface area (Å²) in [5, 5.41) is 3.77. The average molecular weight is 330 g/mol. The van der Waals surface area contributed by atoms with E-state index in [2.05, 4.69) is 59.9 Å². The number of amidine groups is 1. The van der Waals surface area contributed by atoms with Crippen molar-refractivity contribution >= 4 is 11.5 Å². The molecule has 0 bridgehead atoms. The van der Waals surface area contributed by atoms with Crippen LogP contribution in [0.5, 0.6) is 0 Å². The Morgan fingerprint density at radius 2 is 1.48 bits per heavy atom. The van der Waals surface area contributed by atoms with Crippen LogP contribution in [0.3, 0.4) is 0 Å². The van der Waals surface area contributed by atoms with Gasteiger partial charge in [0.2, 0.25) is 0 Å². The number of benzene rings is 2. The largest absolute Gasteiger partial charge is 0.343 e. The van der Waals surface area contributed by atoms with Gasteiger partial charge in [-0.3, -0.25) is 4.99 Å². The fourth-order valence-corrected chi connectivity index (χ4v) is 4.84. The van der Waals surface area contributed by atoms with Crippen LogP contribution in [-0.2, 0) is 12.0 Å². The van der Waals surface area contributed by atoms with Crippen LogP contribution in [0.25, 0.3) is 0 Å². The lowest BCUT2D eigenvalue weighted by molar-refractivity contribution is 0.277. The molecule has 1 aliphatic heterocycles. The maximum Gasteiger partial charge on any atom is 0.108 e. The van der Waals surface area contributed by atoms with Crippen molar-refractivity contribution in [2.75, 3.05) is 5.32 Å². The molecule has 0 saturated heterocycles.